The van der Waals surface area contributed by atoms with Gasteiger partial charge in [0.1, 0.15) is 0 Å². The summed E-state index contributed by atoms with van der Waals surface area (Å²) in [7, 11) is 0. The van der Waals surface area contributed by atoms with Gasteiger partial charge in [-0.15, -0.1) is 0 Å². The minimum Gasteiger partial charge on any atom is -0.870 e. The summed E-state index contributed by atoms with van der Waals surface area (Å²) < 4.78 is 0. The first-order valence-corrected chi connectivity index (χ1v) is 1.26. The van der Waals surface area contributed by atoms with Crippen LogP contribution in [0.15, 0.2) is 0 Å². The molecule has 4 N–H and O–H groups in total. The van der Waals surface area contributed by atoms with Crippen LogP contribution in [-0.2, 0) is 0 Å². The van der Waals surface area contributed by atoms with Gasteiger partial charge in [0.25, 0.3) is 0 Å². The van der Waals surface area contributed by atoms with E-state index in [1.807, 2.05) is 0 Å². The molecule has 0 rings (SSSR count). The van der Waals surface area contributed by atoms with Crippen molar-refractivity contribution in [2.24, 2.45) is 0 Å². The molecule has 8 nitrogen and oxygen atoms in total. The molecule has 0 saturated heterocycles. The summed E-state index contributed by atoms with van der Waals surface area (Å²) in [5, 5.41) is 30.6. The van der Waals surface area contributed by atoms with Gasteiger partial charge >= 0.3 is 46.1 Å². The molecule has 0 heterocycles. The molecule has 0 fully saturated rings. The van der Waals surface area contributed by atoms with E-state index in [4.69, 9.17) is 30.0 Å². The van der Waals surface area contributed by atoms with Gasteiger partial charge in [0.2, 0.25) is 12.3 Å². The third-order valence-electron chi connectivity index (χ3n) is 0. The predicted octanol–water partition coefficient (Wildman–Crippen LogP) is -3.34. The van der Waals surface area contributed by atoms with Crippen LogP contribution in [0.2, 0.25) is 0 Å². The average molecular weight is 205 g/mol. The van der Waals surface area contributed by atoms with Crippen molar-refractivity contribution in [1.82, 2.24) is 0 Å². The SMILES string of the molecule is O=C([O-])O.O=C([O-])O.[Mg+2].[Mg+2].[OH-].[OH-]. The Hall–Kier alpha value is -0.00753. The average Bonchev–Trinajstić information content (AvgIpc) is 1.25. The minimum atomic E-state index is -2.08. The Balaban J connectivity index is -0.0000000112. The van der Waals surface area contributed by atoms with Gasteiger partial charge in [0.05, 0.1) is 0 Å². The van der Waals surface area contributed by atoms with Gasteiger partial charge in [-0.25, -0.2) is 0 Å². The molecular formula is C2H4Mg2O8. The van der Waals surface area contributed by atoms with E-state index in [1.54, 1.807) is 0 Å². The molecule has 0 unspecified atom stereocenters. The van der Waals surface area contributed by atoms with Crippen LogP contribution in [0.4, 0.5) is 9.59 Å². The second kappa shape index (κ2) is 30.6. The van der Waals surface area contributed by atoms with Crippen LogP contribution < -0.4 is 10.2 Å². The number of hydrogen-bond acceptors (Lipinski definition) is 6. The van der Waals surface area contributed by atoms with E-state index >= 15 is 0 Å². The standard InChI is InChI=1S/2CH2O3.2Mg.2H2O/c2*2-1(3)4;;;;/h2*(H2,2,3,4);;;2*1H2/q;;2*+2;;/p-4. The van der Waals surface area contributed by atoms with Crippen molar-refractivity contribution in [3.8, 4) is 0 Å². The summed E-state index contributed by atoms with van der Waals surface area (Å²) in [6.07, 6.45) is -4.17. The van der Waals surface area contributed by atoms with E-state index in [0.717, 1.165) is 0 Å². The molecular weight excluding hydrogens is 201 g/mol. The molecule has 0 radical (unpaired) electrons. The largest absolute Gasteiger partial charge is 2.00 e. The summed E-state index contributed by atoms with van der Waals surface area (Å²) in [5.74, 6) is 0. The van der Waals surface area contributed by atoms with Crippen LogP contribution >= 0.6 is 0 Å². The zero-order valence-electron chi connectivity index (χ0n) is 5.84. The van der Waals surface area contributed by atoms with Crippen molar-refractivity contribution in [3.05, 3.63) is 0 Å². The maximum atomic E-state index is 8.44. The molecule has 12 heavy (non-hydrogen) atoms. The van der Waals surface area contributed by atoms with Gasteiger partial charge in [-0.05, 0) is 0 Å². The summed E-state index contributed by atoms with van der Waals surface area (Å²) in [4.78, 5) is 16.9. The number of carbonyl (C=O) groups is 2. The maximum absolute atomic E-state index is 8.44. The third kappa shape index (κ3) is 14200000. The molecule has 0 aromatic carbocycles. The van der Waals surface area contributed by atoms with Gasteiger partial charge in [-0.1, -0.05) is 0 Å². The van der Waals surface area contributed by atoms with Gasteiger partial charge in [-0.3, -0.25) is 0 Å². The first-order chi connectivity index (χ1) is 3.46. The van der Waals surface area contributed by atoms with Crippen LogP contribution in [0.5, 0.6) is 0 Å². The Morgan fingerprint density at radius 3 is 0.833 bits per heavy atom. The van der Waals surface area contributed by atoms with Crippen LogP contribution in [0, 0.1) is 0 Å². The molecule has 0 bridgehead atoms. The zero-order chi connectivity index (χ0) is 7.15. The van der Waals surface area contributed by atoms with Crippen LogP contribution in [-0.4, -0.2) is 79.6 Å². The predicted molar refractivity (Wildman–Crippen MR) is 31.4 cm³/mol. The monoisotopic (exact) mass is 204 g/mol. The number of carboxylic acid groups (broad SMARTS) is 4. The molecule has 0 saturated carbocycles. The first-order valence-electron chi connectivity index (χ1n) is 1.26. The Labute approximate surface area is 99.1 Å². The van der Waals surface area contributed by atoms with Gasteiger partial charge < -0.3 is 41.0 Å². The third-order valence-corrected chi connectivity index (χ3v) is 0. The minimum absolute atomic E-state index is 0. The molecule has 10 heteroatoms. The van der Waals surface area contributed by atoms with Crippen LogP contribution in [0.3, 0.4) is 0 Å². The van der Waals surface area contributed by atoms with Crippen molar-refractivity contribution < 1.29 is 41.0 Å². The van der Waals surface area contributed by atoms with Crippen molar-refractivity contribution in [1.29, 1.82) is 0 Å². The van der Waals surface area contributed by atoms with Gasteiger partial charge in [-0.2, -0.15) is 0 Å². The fraction of sp³-hybridized carbons (Fsp3) is 0. The molecule has 0 aromatic rings. The summed E-state index contributed by atoms with van der Waals surface area (Å²) >= 11 is 0. The fourth-order valence-electron chi connectivity index (χ4n) is 0. The molecule has 0 aliphatic rings. The molecule has 0 aliphatic carbocycles. The van der Waals surface area contributed by atoms with E-state index in [-0.39, 0.29) is 57.1 Å². The van der Waals surface area contributed by atoms with Crippen molar-refractivity contribution >= 4 is 58.4 Å². The first kappa shape index (κ1) is 40.4. The summed E-state index contributed by atoms with van der Waals surface area (Å²) in [5.41, 5.74) is 0. The maximum Gasteiger partial charge on any atom is 2.00 e. The van der Waals surface area contributed by atoms with Crippen molar-refractivity contribution in [3.63, 3.8) is 0 Å². The number of hydrogen-bond donors (Lipinski definition) is 2. The molecule has 64 valence electrons. The van der Waals surface area contributed by atoms with E-state index in [9.17, 15) is 0 Å². The van der Waals surface area contributed by atoms with E-state index in [0.29, 0.717) is 0 Å². The molecule has 0 aromatic heterocycles. The summed E-state index contributed by atoms with van der Waals surface area (Å²) in [6.45, 7) is 0. The Bertz CT molecular complexity index is 73.1. The van der Waals surface area contributed by atoms with Crippen molar-refractivity contribution in [2.75, 3.05) is 0 Å². The van der Waals surface area contributed by atoms with Gasteiger partial charge in [0, 0.05) is 0 Å². The quantitative estimate of drug-likeness (QED) is 0.384. The molecule has 0 amide bonds. The van der Waals surface area contributed by atoms with Gasteiger partial charge in [0.15, 0.2) is 0 Å². The van der Waals surface area contributed by atoms with Crippen LogP contribution in [0.25, 0.3) is 0 Å². The smallest absolute Gasteiger partial charge is 0.870 e. The Kier molecular flexibility index (Phi) is 103. The summed E-state index contributed by atoms with van der Waals surface area (Å²) in [6, 6.07) is 0. The second-order valence-corrected chi connectivity index (χ2v) is 0.532. The Morgan fingerprint density at radius 2 is 0.833 bits per heavy atom. The topological polar surface area (TPSA) is 181 Å². The fourth-order valence-corrected chi connectivity index (χ4v) is 0. The zero-order valence-corrected chi connectivity index (χ0v) is 8.66. The Morgan fingerprint density at radius 1 is 0.833 bits per heavy atom. The van der Waals surface area contributed by atoms with Crippen LogP contribution in [0.1, 0.15) is 0 Å². The normalized spacial score (nSPS) is 4.00. The van der Waals surface area contributed by atoms with Crippen molar-refractivity contribution in [2.45, 2.75) is 0 Å². The second-order valence-electron chi connectivity index (χ2n) is 0.532. The molecule has 0 aliphatic heterocycles. The van der Waals surface area contributed by atoms with E-state index in [2.05, 4.69) is 0 Å². The number of rotatable bonds is 0. The molecule has 0 spiro atoms. The van der Waals surface area contributed by atoms with E-state index in [1.165, 1.54) is 0 Å². The molecule has 0 atom stereocenters. The van der Waals surface area contributed by atoms with E-state index < -0.39 is 12.3 Å².